The second-order valence-corrected chi connectivity index (χ2v) is 4.43. The van der Waals surface area contributed by atoms with Gasteiger partial charge in [0.25, 0.3) is 0 Å². The Kier molecular flexibility index (Phi) is 3.90. The van der Waals surface area contributed by atoms with Crippen LogP contribution < -0.4 is 5.32 Å². The second kappa shape index (κ2) is 5.61. The summed E-state index contributed by atoms with van der Waals surface area (Å²) in [6.07, 6.45) is 10.1. The number of aromatic nitrogens is 2. The second-order valence-electron chi connectivity index (χ2n) is 4.43. The van der Waals surface area contributed by atoms with Gasteiger partial charge in [-0.3, -0.25) is 4.98 Å². The van der Waals surface area contributed by atoms with E-state index in [1.807, 2.05) is 0 Å². The summed E-state index contributed by atoms with van der Waals surface area (Å²) in [7, 11) is 0. The number of carbonyl (C=O) groups is 1. The van der Waals surface area contributed by atoms with Crippen LogP contribution >= 0.6 is 0 Å². The summed E-state index contributed by atoms with van der Waals surface area (Å²) in [6, 6.07) is 0.399. The molecule has 0 aromatic carbocycles. The van der Waals surface area contributed by atoms with E-state index in [1.165, 1.54) is 31.9 Å². The van der Waals surface area contributed by atoms with Crippen LogP contribution in [0.5, 0.6) is 0 Å². The van der Waals surface area contributed by atoms with Crippen molar-refractivity contribution >= 4 is 11.8 Å². The van der Waals surface area contributed by atoms with E-state index in [4.69, 9.17) is 5.11 Å². The Morgan fingerprint density at radius 3 is 2.59 bits per heavy atom. The SMILES string of the molecule is O=C(O)c1cncc(NC2CCCCCC2)n1. The normalized spacial score (nSPS) is 17.4. The Morgan fingerprint density at radius 1 is 1.24 bits per heavy atom. The first-order valence-electron chi connectivity index (χ1n) is 6.07. The summed E-state index contributed by atoms with van der Waals surface area (Å²) in [5.74, 6) is -0.473. The van der Waals surface area contributed by atoms with Crippen molar-refractivity contribution in [2.24, 2.45) is 0 Å². The first-order chi connectivity index (χ1) is 8.25. The Balaban J connectivity index is 2.01. The predicted molar refractivity (Wildman–Crippen MR) is 64.1 cm³/mol. The number of rotatable bonds is 3. The van der Waals surface area contributed by atoms with Gasteiger partial charge in [-0.1, -0.05) is 25.7 Å². The van der Waals surface area contributed by atoms with Gasteiger partial charge >= 0.3 is 5.97 Å². The highest BCUT2D eigenvalue weighted by Crippen LogP contribution is 2.20. The number of nitrogens with zero attached hydrogens (tertiary/aromatic N) is 2. The van der Waals surface area contributed by atoms with Gasteiger partial charge in [0, 0.05) is 6.04 Å². The summed E-state index contributed by atoms with van der Waals surface area (Å²) in [5, 5.41) is 12.1. The van der Waals surface area contributed by atoms with Crippen LogP contribution in [0.4, 0.5) is 5.82 Å². The first kappa shape index (κ1) is 11.8. The maximum Gasteiger partial charge on any atom is 0.356 e. The predicted octanol–water partition coefficient (Wildman–Crippen LogP) is 2.31. The average Bonchev–Trinajstić information content (AvgIpc) is 2.58. The molecule has 0 bridgehead atoms. The van der Waals surface area contributed by atoms with Crippen LogP contribution in [0.25, 0.3) is 0 Å². The molecule has 92 valence electrons. The number of anilines is 1. The lowest BCUT2D eigenvalue weighted by molar-refractivity contribution is 0.0690. The number of hydrogen-bond acceptors (Lipinski definition) is 4. The minimum atomic E-state index is -1.04. The molecule has 0 spiro atoms. The zero-order chi connectivity index (χ0) is 12.1. The van der Waals surface area contributed by atoms with Crippen molar-refractivity contribution in [3.05, 3.63) is 18.1 Å². The highest BCUT2D eigenvalue weighted by Gasteiger charge is 2.13. The topological polar surface area (TPSA) is 75.1 Å². The fourth-order valence-electron chi connectivity index (χ4n) is 2.17. The zero-order valence-corrected chi connectivity index (χ0v) is 9.72. The summed E-state index contributed by atoms with van der Waals surface area (Å²) < 4.78 is 0. The van der Waals surface area contributed by atoms with Gasteiger partial charge in [-0.05, 0) is 12.8 Å². The van der Waals surface area contributed by atoms with Crippen LogP contribution in [-0.4, -0.2) is 27.1 Å². The molecule has 1 aromatic rings. The lowest BCUT2D eigenvalue weighted by atomic mass is 10.1. The molecule has 5 nitrogen and oxygen atoms in total. The third-order valence-corrected chi connectivity index (χ3v) is 3.06. The molecule has 2 N–H and O–H groups in total. The van der Waals surface area contributed by atoms with Gasteiger partial charge in [0.2, 0.25) is 0 Å². The Bertz CT molecular complexity index is 387. The number of nitrogens with one attached hydrogen (secondary N) is 1. The molecule has 1 saturated carbocycles. The van der Waals surface area contributed by atoms with E-state index in [1.54, 1.807) is 6.20 Å². The van der Waals surface area contributed by atoms with Crippen LogP contribution in [0.2, 0.25) is 0 Å². The van der Waals surface area contributed by atoms with Crippen LogP contribution in [0.3, 0.4) is 0 Å². The largest absolute Gasteiger partial charge is 0.476 e. The maximum atomic E-state index is 10.8. The third kappa shape index (κ3) is 3.41. The molecule has 0 unspecified atom stereocenters. The molecule has 17 heavy (non-hydrogen) atoms. The monoisotopic (exact) mass is 235 g/mol. The lowest BCUT2D eigenvalue weighted by Crippen LogP contribution is -2.19. The van der Waals surface area contributed by atoms with E-state index in [9.17, 15) is 4.79 Å². The maximum absolute atomic E-state index is 10.8. The van der Waals surface area contributed by atoms with Crippen molar-refractivity contribution in [1.82, 2.24) is 9.97 Å². The minimum Gasteiger partial charge on any atom is -0.476 e. The molecule has 5 heteroatoms. The Hall–Kier alpha value is -1.65. The third-order valence-electron chi connectivity index (χ3n) is 3.06. The minimum absolute atomic E-state index is 0.0105. The molecule has 1 fully saturated rings. The number of carboxylic acids is 1. The molecular weight excluding hydrogens is 218 g/mol. The van der Waals surface area contributed by atoms with Gasteiger partial charge in [0.15, 0.2) is 5.69 Å². The smallest absolute Gasteiger partial charge is 0.356 e. The van der Waals surface area contributed by atoms with Gasteiger partial charge in [0.1, 0.15) is 5.82 Å². The van der Waals surface area contributed by atoms with E-state index >= 15 is 0 Å². The van der Waals surface area contributed by atoms with Crippen LogP contribution in [0, 0.1) is 0 Å². The number of carboxylic acid groups (broad SMARTS) is 1. The summed E-state index contributed by atoms with van der Waals surface area (Å²) in [4.78, 5) is 18.7. The van der Waals surface area contributed by atoms with E-state index < -0.39 is 5.97 Å². The van der Waals surface area contributed by atoms with Gasteiger partial charge < -0.3 is 10.4 Å². The molecular formula is C12H17N3O2. The quantitative estimate of drug-likeness (QED) is 0.786. The van der Waals surface area contributed by atoms with Gasteiger partial charge in [-0.15, -0.1) is 0 Å². The van der Waals surface area contributed by atoms with Crippen molar-refractivity contribution in [1.29, 1.82) is 0 Å². The van der Waals surface area contributed by atoms with Crippen LogP contribution in [0.15, 0.2) is 12.4 Å². The highest BCUT2D eigenvalue weighted by molar-refractivity contribution is 5.85. The standard InChI is InChI=1S/C12H17N3O2/c16-12(17)10-7-13-8-11(15-10)14-9-5-3-1-2-4-6-9/h7-9H,1-6H2,(H,14,15)(H,16,17). The first-order valence-corrected chi connectivity index (χ1v) is 6.07. The Morgan fingerprint density at radius 2 is 1.94 bits per heavy atom. The Labute approximate surface area is 100 Å². The molecule has 0 radical (unpaired) electrons. The van der Waals surface area contributed by atoms with E-state index in [-0.39, 0.29) is 5.69 Å². The van der Waals surface area contributed by atoms with Gasteiger partial charge in [-0.25, -0.2) is 9.78 Å². The van der Waals surface area contributed by atoms with E-state index in [2.05, 4.69) is 15.3 Å². The summed E-state index contributed by atoms with van der Waals surface area (Å²) >= 11 is 0. The van der Waals surface area contributed by atoms with E-state index in [0.717, 1.165) is 12.8 Å². The average molecular weight is 235 g/mol. The molecule has 1 aliphatic rings. The lowest BCUT2D eigenvalue weighted by Gasteiger charge is -2.16. The fraction of sp³-hybridized carbons (Fsp3) is 0.583. The van der Waals surface area contributed by atoms with E-state index in [0.29, 0.717) is 11.9 Å². The summed E-state index contributed by atoms with van der Waals surface area (Å²) in [6.45, 7) is 0. The van der Waals surface area contributed by atoms with Crippen molar-refractivity contribution in [2.75, 3.05) is 5.32 Å². The van der Waals surface area contributed by atoms with Crippen molar-refractivity contribution in [3.8, 4) is 0 Å². The number of aromatic carboxylic acids is 1. The van der Waals surface area contributed by atoms with Gasteiger partial charge in [-0.2, -0.15) is 0 Å². The molecule has 1 heterocycles. The van der Waals surface area contributed by atoms with Crippen molar-refractivity contribution in [3.63, 3.8) is 0 Å². The van der Waals surface area contributed by atoms with Gasteiger partial charge in [0.05, 0.1) is 12.4 Å². The molecule has 1 aliphatic carbocycles. The van der Waals surface area contributed by atoms with Crippen molar-refractivity contribution in [2.45, 2.75) is 44.6 Å². The van der Waals surface area contributed by atoms with Crippen molar-refractivity contribution < 1.29 is 9.90 Å². The highest BCUT2D eigenvalue weighted by atomic mass is 16.4. The molecule has 0 atom stereocenters. The molecule has 1 aromatic heterocycles. The zero-order valence-electron chi connectivity index (χ0n) is 9.72. The summed E-state index contributed by atoms with van der Waals surface area (Å²) in [5.41, 5.74) is -0.0105. The molecule has 0 saturated heterocycles. The van der Waals surface area contributed by atoms with Crippen LogP contribution in [-0.2, 0) is 0 Å². The molecule has 0 amide bonds. The fourth-order valence-corrected chi connectivity index (χ4v) is 2.17. The van der Waals surface area contributed by atoms with Crippen LogP contribution in [0.1, 0.15) is 49.0 Å². The molecule has 0 aliphatic heterocycles. The number of hydrogen-bond donors (Lipinski definition) is 2. The molecule has 2 rings (SSSR count).